The molecular weight excluding hydrogens is 362 g/mol. The lowest BCUT2D eigenvalue weighted by Gasteiger charge is -2.32. The highest BCUT2D eigenvalue weighted by molar-refractivity contribution is 6.05. The highest BCUT2D eigenvalue weighted by Gasteiger charge is 2.30. The first-order valence-electron chi connectivity index (χ1n) is 10.6. The minimum atomic E-state index is -0.468. The summed E-state index contributed by atoms with van der Waals surface area (Å²) in [6, 6.07) is 16.2. The van der Waals surface area contributed by atoms with E-state index in [1.165, 1.54) is 32.1 Å². The van der Waals surface area contributed by atoms with Crippen molar-refractivity contribution in [2.45, 2.75) is 57.0 Å². The van der Waals surface area contributed by atoms with Gasteiger partial charge in [0.25, 0.3) is 0 Å². The number of benzene rings is 2. The molecule has 2 aliphatic rings. The maximum Gasteiger partial charge on any atom is 0.232 e. The smallest absolute Gasteiger partial charge is 0.232 e. The molecule has 2 amide bonds. The SMILES string of the molecule is CN(Cc1ccccc1NC(=O)C1CC(=O)Nc2ccccc21)C1CCCCC1. The summed E-state index contributed by atoms with van der Waals surface area (Å²) in [6.45, 7) is 0.808. The first-order valence-corrected chi connectivity index (χ1v) is 10.6. The van der Waals surface area contributed by atoms with E-state index >= 15 is 0 Å². The van der Waals surface area contributed by atoms with Crippen LogP contribution in [0.2, 0.25) is 0 Å². The lowest BCUT2D eigenvalue weighted by molar-refractivity contribution is -0.123. The van der Waals surface area contributed by atoms with Crippen LogP contribution in [0.4, 0.5) is 11.4 Å². The fraction of sp³-hybridized carbons (Fsp3) is 0.417. The molecule has 2 N–H and O–H groups in total. The zero-order chi connectivity index (χ0) is 20.2. The highest BCUT2D eigenvalue weighted by Crippen LogP contribution is 2.33. The van der Waals surface area contributed by atoms with Gasteiger partial charge in [-0.05, 0) is 43.1 Å². The van der Waals surface area contributed by atoms with Crippen molar-refractivity contribution >= 4 is 23.2 Å². The molecule has 1 aliphatic carbocycles. The molecule has 1 aliphatic heterocycles. The van der Waals surface area contributed by atoms with Crippen molar-refractivity contribution in [3.05, 3.63) is 59.7 Å². The van der Waals surface area contributed by atoms with Crippen LogP contribution >= 0.6 is 0 Å². The summed E-state index contributed by atoms with van der Waals surface area (Å²) in [5.74, 6) is -0.710. The normalized spacial score (nSPS) is 19.5. The van der Waals surface area contributed by atoms with Gasteiger partial charge in [-0.3, -0.25) is 14.5 Å². The van der Waals surface area contributed by atoms with Crippen LogP contribution in [0.3, 0.4) is 0 Å². The quantitative estimate of drug-likeness (QED) is 0.788. The molecule has 1 heterocycles. The molecule has 0 spiro atoms. The average molecular weight is 392 g/mol. The third-order valence-corrected chi connectivity index (χ3v) is 6.21. The standard InChI is InChI=1S/C24H29N3O2/c1-27(18-10-3-2-4-11-18)16-17-9-5-7-13-21(17)26-24(29)20-15-23(28)25-22-14-8-6-12-19(20)22/h5-9,12-14,18,20H,2-4,10-11,15-16H2,1H3,(H,25,28)(H,26,29). The summed E-state index contributed by atoms with van der Waals surface area (Å²) < 4.78 is 0. The second-order valence-electron chi connectivity index (χ2n) is 8.25. The molecule has 5 nitrogen and oxygen atoms in total. The summed E-state index contributed by atoms with van der Waals surface area (Å²) in [7, 11) is 2.18. The number of nitrogens with one attached hydrogen (secondary N) is 2. The van der Waals surface area contributed by atoms with Gasteiger partial charge in [0.1, 0.15) is 0 Å². The zero-order valence-electron chi connectivity index (χ0n) is 17.0. The van der Waals surface area contributed by atoms with E-state index in [1.54, 1.807) is 0 Å². The Morgan fingerprint density at radius 3 is 2.62 bits per heavy atom. The molecule has 5 heteroatoms. The maximum atomic E-state index is 13.1. The number of amides is 2. The van der Waals surface area contributed by atoms with Crippen LogP contribution in [0, 0.1) is 0 Å². The predicted octanol–water partition coefficient (Wildman–Crippen LogP) is 4.52. The molecule has 1 saturated carbocycles. The minimum absolute atomic E-state index is 0.117. The van der Waals surface area contributed by atoms with Crippen molar-refractivity contribution in [2.24, 2.45) is 0 Å². The highest BCUT2D eigenvalue weighted by atomic mass is 16.2. The van der Waals surface area contributed by atoms with Gasteiger partial charge in [0, 0.05) is 30.4 Å². The second-order valence-corrected chi connectivity index (χ2v) is 8.25. The van der Waals surface area contributed by atoms with Crippen LogP contribution in [0.25, 0.3) is 0 Å². The number of rotatable bonds is 5. The van der Waals surface area contributed by atoms with Crippen LogP contribution in [-0.2, 0) is 16.1 Å². The maximum absolute atomic E-state index is 13.1. The van der Waals surface area contributed by atoms with E-state index in [0.717, 1.165) is 29.0 Å². The summed E-state index contributed by atoms with van der Waals surface area (Å²) >= 11 is 0. The van der Waals surface area contributed by atoms with Crippen molar-refractivity contribution in [3.8, 4) is 0 Å². The van der Waals surface area contributed by atoms with Crippen molar-refractivity contribution in [3.63, 3.8) is 0 Å². The molecule has 2 aromatic rings. The van der Waals surface area contributed by atoms with Crippen molar-refractivity contribution in [1.29, 1.82) is 0 Å². The molecular formula is C24H29N3O2. The lowest BCUT2D eigenvalue weighted by Crippen LogP contribution is -2.33. The Bertz CT molecular complexity index is 889. The first kappa shape index (κ1) is 19.6. The van der Waals surface area contributed by atoms with Gasteiger partial charge < -0.3 is 10.6 Å². The molecule has 0 radical (unpaired) electrons. The number of carbonyl (C=O) groups excluding carboxylic acids is 2. The minimum Gasteiger partial charge on any atom is -0.326 e. The van der Waals surface area contributed by atoms with Gasteiger partial charge in [0.15, 0.2) is 0 Å². The third-order valence-electron chi connectivity index (χ3n) is 6.21. The molecule has 0 aromatic heterocycles. The van der Waals surface area contributed by atoms with E-state index in [4.69, 9.17) is 0 Å². The van der Waals surface area contributed by atoms with E-state index in [9.17, 15) is 9.59 Å². The summed E-state index contributed by atoms with van der Waals surface area (Å²) in [5.41, 5.74) is 3.56. The molecule has 1 atom stereocenters. The van der Waals surface area contributed by atoms with E-state index < -0.39 is 5.92 Å². The van der Waals surface area contributed by atoms with E-state index in [2.05, 4.69) is 28.6 Å². The Hall–Kier alpha value is -2.66. The Morgan fingerprint density at radius 1 is 1.07 bits per heavy atom. The number of hydrogen-bond donors (Lipinski definition) is 2. The van der Waals surface area contributed by atoms with Crippen molar-refractivity contribution < 1.29 is 9.59 Å². The Kier molecular flexibility index (Phi) is 5.95. The van der Waals surface area contributed by atoms with Crippen LogP contribution < -0.4 is 10.6 Å². The van der Waals surface area contributed by atoms with Crippen LogP contribution in [0.15, 0.2) is 48.5 Å². The molecule has 0 bridgehead atoms. The summed E-state index contributed by atoms with van der Waals surface area (Å²) in [6.07, 6.45) is 6.62. The molecule has 29 heavy (non-hydrogen) atoms. The van der Waals surface area contributed by atoms with Gasteiger partial charge in [-0.25, -0.2) is 0 Å². The topological polar surface area (TPSA) is 61.4 Å². The monoisotopic (exact) mass is 391 g/mol. The van der Waals surface area contributed by atoms with E-state index in [0.29, 0.717) is 6.04 Å². The van der Waals surface area contributed by atoms with Crippen LogP contribution in [-0.4, -0.2) is 29.8 Å². The van der Waals surface area contributed by atoms with E-state index in [-0.39, 0.29) is 18.2 Å². The third kappa shape index (κ3) is 4.51. The van der Waals surface area contributed by atoms with Gasteiger partial charge in [-0.1, -0.05) is 55.7 Å². The summed E-state index contributed by atoms with van der Waals surface area (Å²) in [4.78, 5) is 27.6. The zero-order valence-corrected chi connectivity index (χ0v) is 17.0. The fourth-order valence-electron chi connectivity index (χ4n) is 4.56. The van der Waals surface area contributed by atoms with Crippen molar-refractivity contribution in [1.82, 2.24) is 4.90 Å². The number of hydrogen-bond acceptors (Lipinski definition) is 3. The molecule has 0 saturated heterocycles. The number of fused-ring (bicyclic) bond motifs is 1. The van der Waals surface area contributed by atoms with E-state index in [1.807, 2.05) is 42.5 Å². The Balaban J connectivity index is 1.50. The Morgan fingerprint density at radius 2 is 1.79 bits per heavy atom. The number of anilines is 2. The number of nitrogens with zero attached hydrogens (tertiary/aromatic N) is 1. The first-order chi connectivity index (χ1) is 14.1. The summed E-state index contributed by atoms with van der Waals surface area (Å²) in [5, 5.41) is 5.96. The fourth-order valence-corrected chi connectivity index (χ4v) is 4.56. The molecule has 4 rings (SSSR count). The molecule has 1 unspecified atom stereocenters. The van der Waals surface area contributed by atoms with Crippen LogP contribution in [0.5, 0.6) is 0 Å². The van der Waals surface area contributed by atoms with Gasteiger partial charge >= 0.3 is 0 Å². The molecule has 2 aromatic carbocycles. The number of carbonyl (C=O) groups is 2. The van der Waals surface area contributed by atoms with Crippen molar-refractivity contribution in [2.75, 3.05) is 17.7 Å². The van der Waals surface area contributed by atoms with Gasteiger partial charge in [0.2, 0.25) is 11.8 Å². The Labute approximate surface area is 172 Å². The largest absolute Gasteiger partial charge is 0.326 e. The second kappa shape index (κ2) is 8.78. The van der Waals surface area contributed by atoms with Gasteiger partial charge in [-0.15, -0.1) is 0 Å². The van der Waals surface area contributed by atoms with Gasteiger partial charge in [0.05, 0.1) is 5.92 Å². The predicted molar refractivity (Wildman–Crippen MR) is 116 cm³/mol. The number of para-hydroxylation sites is 2. The average Bonchev–Trinajstić information content (AvgIpc) is 2.75. The van der Waals surface area contributed by atoms with Crippen LogP contribution in [0.1, 0.15) is 55.6 Å². The molecule has 152 valence electrons. The molecule has 1 fully saturated rings. The van der Waals surface area contributed by atoms with Gasteiger partial charge in [-0.2, -0.15) is 0 Å². The lowest BCUT2D eigenvalue weighted by atomic mass is 9.89.